The van der Waals surface area contributed by atoms with Crippen molar-refractivity contribution in [1.29, 1.82) is 0 Å². The minimum atomic E-state index is -4.45. The van der Waals surface area contributed by atoms with Crippen LogP contribution < -0.4 is 16.6 Å². The fraction of sp³-hybridized carbons (Fsp3) is 0.615. The van der Waals surface area contributed by atoms with Crippen LogP contribution in [0.2, 0.25) is 0 Å². The fourth-order valence-electron chi connectivity index (χ4n) is 2.56. The number of alkyl halides is 3. The lowest BCUT2D eigenvalue weighted by Crippen LogP contribution is -2.25. The summed E-state index contributed by atoms with van der Waals surface area (Å²) in [7, 11) is 0. The van der Waals surface area contributed by atoms with Gasteiger partial charge in [0.05, 0.1) is 11.7 Å². The van der Waals surface area contributed by atoms with Crippen molar-refractivity contribution >= 4 is 11.6 Å². The molecule has 5 nitrogen and oxygen atoms in total. The SMILES string of the molecule is NNc1cc(C(F)(F)F)cc(NCC2CCCC(O)C2)n1. The molecule has 0 bridgehead atoms. The zero-order chi connectivity index (χ0) is 15.5. The molecule has 1 heterocycles. The molecule has 2 atom stereocenters. The molecule has 5 N–H and O–H groups in total. The molecular weight excluding hydrogens is 285 g/mol. The second-order valence-electron chi connectivity index (χ2n) is 5.34. The van der Waals surface area contributed by atoms with E-state index in [1.54, 1.807) is 0 Å². The number of hydrazine groups is 1. The van der Waals surface area contributed by atoms with E-state index in [1.807, 2.05) is 0 Å². The van der Waals surface area contributed by atoms with Crippen molar-refractivity contribution in [3.8, 4) is 0 Å². The first-order chi connectivity index (χ1) is 9.88. The molecule has 21 heavy (non-hydrogen) atoms. The van der Waals surface area contributed by atoms with Crippen molar-refractivity contribution in [1.82, 2.24) is 4.98 Å². The molecule has 1 fully saturated rings. The van der Waals surface area contributed by atoms with Crippen molar-refractivity contribution in [2.75, 3.05) is 17.3 Å². The maximum absolute atomic E-state index is 12.8. The third-order valence-corrected chi connectivity index (χ3v) is 3.63. The summed E-state index contributed by atoms with van der Waals surface area (Å²) in [4.78, 5) is 3.96. The number of aliphatic hydroxyl groups excluding tert-OH is 1. The maximum atomic E-state index is 12.8. The molecule has 118 valence electrons. The van der Waals surface area contributed by atoms with Gasteiger partial charge in [0.2, 0.25) is 0 Å². The highest BCUT2D eigenvalue weighted by atomic mass is 19.4. The largest absolute Gasteiger partial charge is 0.416 e. The van der Waals surface area contributed by atoms with Crippen LogP contribution in [-0.4, -0.2) is 22.7 Å². The number of hydrogen-bond acceptors (Lipinski definition) is 5. The molecule has 8 heteroatoms. The topological polar surface area (TPSA) is 83.2 Å². The maximum Gasteiger partial charge on any atom is 0.416 e. The number of nitrogens with zero attached hydrogens (tertiary/aromatic N) is 1. The van der Waals surface area contributed by atoms with Gasteiger partial charge in [0.15, 0.2) is 0 Å². The van der Waals surface area contributed by atoms with E-state index < -0.39 is 11.7 Å². The van der Waals surface area contributed by atoms with Gasteiger partial charge in [-0.05, 0) is 37.3 Å². The van der Waals surface area contributed by atoms with Crippen molar-refractivity contribution < 1.29 is 18.3 Å². The van der Waals surface area contributed by atoms with Crippen LogP contribution >= 0.6 is 0 Å². The molecule has 0 spiro atoms. The first-order valence-electron chi connectivity index (χ1n) is 6.86. The van der Waals surface area contributed by atoms with E-state index in [9.17, 15) is 18.3 Å². The summed E-state index contributed by atoms with van der Waals surface area (Å²) >= 11 is 0. The number of aliphatic hydroxyl groups is 1. The van der Waals surface area contributed by atoms with Crippen LogP contribution in [0.25, 0.3) is 0 Å². The number of nitrogens with one attached hydrogen (secondary N) is 2. The fourth-order valence-corrected chi connectivity index (χ4v) is 2.56. The molecule has 0 radical (unpaired) electrons. The Morgan fingerprint density at radius 3 is 2.62 bits per heavy atom. The Labute approximate surface area is 120 Å². The molecule has 1 aliphatic carbocycles. The highest BCUT2D eigenvalue weighted by Gasteiger charge is 2.31. The zero-order valence-corrected chi connectivity index (χ0v) is 11.5. The van der Waals surface area contributed by atoms with Crippen molar-refractivity contribution in [2.45, 2.75) is 38.0 Å². The number of halogens is 3. The minimum Gasteiger partial charge on any atom is -0.393 e. The van der Waals surface area contributed by atoms with E-state index in [2.05, 4.69) is 15.7 Å². The molecule has 0 aliphatic heterocycles. The summed E-state index contributed by atoms with van der Waals surface area (Å²) in [6.45, 7) is 0.482. The second-order valence-corrected chi connectivity index (χ2v) is 5.34. The predicted molar refractivity (Wildman–Crippen MR) is 73.5 cm³/mol. The average Bonchev–Trinajstić information content (AvgIpc) is 2.44. The number of nitrogen functional groups attached to an aromatic ring is 1. The van der Waals surface area contributed by atoms with Gasteiger partial charge in [0.1, 0.15) is 11.6 Å². The molecule has 0 aromatic carbocycles. The van der Waals surface area contributed by atoms with Gasteiger partial charge in [-0.25, -0.2) is 10.8 Å². The summed E-state index contributed by atoms with van der Waals surface area (Å²) in [5.74, 6) is 5.46. The van der Waals surface area contributed by atoms with Crippen LogP contribution in [0.5, 0.6) is 0 Å². The standard InChI is InChI=1S/C13H19F3N4O/c14-13(15,16)9-5-11(19-12(6-9)20-17)18-7-8-2-1-3-10(21)4-8/h5-6,8,10,21H,1-4,7,17H2,(H2,18,19,20). The Morgan fingerprint density at radius 2 is 2.00 bits per heavy atom. The lowest BCUT2D eigenvalue weighted by atomic mass is 9.87. The first-order valence-corrected chi connectivity index (χ1v) is 6.86. The molecule has 1 aromatic rings. The molecule has 1 saturated carbocycles. The smallest absolute Gasteiger partial charge is 0.393 e. The molecule has 2 rings (SSSR count). The van der Waals surface area contributed by atoms with Gasteiger partial charge < -0.3 is 15.8 Å². The van der Waals surface area contributed by atoms with Crippen LogP contribution in [0.3, 0.4) is 0 Å². The Kier molecular flexibility index (Phi) is 4.89. The number of aromatic nitrogens is 1. The van der Waals surface area contributed by atoms with Crippen LogP contribution in [0.1, 0.15) is 31.2 Å². The Hall–Kier alpha value is -1.54. The number of nitrogens with two attached hydrogens (primary N) is 1. The Balaban J connectivity index is 2.05. The van der Waals surface area contributed by atoms with Gasteiger partial charge in [-0.15, -0.1) is 0 Å². The quantitative estimate of drug-likeness (QED) is 0.507. The summed E-state index contributed by atoms with van der Waals surface area (Å²) in [5, 5.41) is 12.5. The van der Waals surface area contributed by atoms with Crippen molar-refractivity contribution in [3.05, 3.63) is 17.7 Å². The van der Waals surface area contributed by atoms with E-state index in [4.69, 9.17) is 5.84 Å². The van der Waals surface area contributed by atoms with Gasteiger partial charge in [0, 0.05) is 6.54 Å². The van der Waals surface area contributed by atoms with E-state index in [0.717, 1.165) is 31.4 Å². The summed E-state index contributed by atoms with van der Waals surface area (Å²) < 4.78 is 38.3. The van der Waals surface area contributed by atoms with E-state index in [0.29, 0.717) is 13.0 Å². The number of pyridine rings is 1. The van der Waals surface area contributed by atoms with Gasteiger partial charge in [-0.2, -0.15) is 13.2 Å². The lowest BCUT2D eigenvalue weighted by Gasteiger charge is -2.26. The van der Waals surface area contributed by atoms with Crippen LogP contribution in [0.15, 0.2) is 12.1 Å². The van der Waals surface area contributed by atoms with Gasteiger partial charge in [-0.1, -0.05) is 6.42 Å². The summed E-state index contributed by atoms with van der Waals surface area (Å²) in [6.07, 6.45) is -1.44. The second kappa shape index (κ2) is 6.48. The summed E-state index contributed by atoms with van der Waals surface area (Å²) in [5.41, 5.74) is 1.33. The Morgan fingerprint density at radius 1 is 1.29 bits per heavy atom. The predicted octanol–water partition coefficient (Wildman–Crippen LogP) is 2.35. The van der Waals surface area contributed by atoms with Gasteiger partial charge in [0.25, 0.3) is 0 Å². The molecule has 0 amide bonds. The number of hydrogen-bond donors (Lipinski definition) is 4. The van der Waals surface area contributed by atoms with Crippen molar-refractivity contribution in [2.24, 2.45) is 11.8 Å². The first kappa shape index (κ1) is 15.8. The lowest BCUT2D eigenvalue weighted by molar-refractivity contribution is -0.137. The molecule has 2 unspecified atom stereocenters. The van der Waals surface area contributed by atoms with E-state index >= 15 is 0 Å². The zero-order valence-electron chi connectivity index (χ0n) is 11.5. The van der Waals surface area contributed by atoms with Gasteiger partial charge >= 0.3 is 6.18 Å². The normalized spacial score (nSPS) is 22.9. The van der Waals surface area contributed by atoms with Crippen LogP contribution in [-0.2, 0) is 6.18 Å². The third-order valence-electron chi connectivity index (χ3n) is 3.63. The van der Waals surface area contributed by atoms with Gasteiger partial charge in [-0.3, -0.25) is 0 Å². The third kappa shape index (κ3) is 4.47. The highest BCUT2D eigenvalue weighted by molar-refractivity contribution is 5.49. The molecule has 1 aromatic heterocycles. The molecule has 1 aliphatic rings. The van der Waals surface area contributed by atoms with E-state index in [-0.39, 0.29) is 23.7 Å². The van der Waals surface area contributed by atoms with E-state index in [1.165, 1.54) is 0 Å². The van der Waals surface area contributed by atoms with Crippen LogP contribution in [0, 0.1) is 5.92 Å². The number of rotatable bonds is 4. The molecule has 0 saturated heterocycles. The summed E-state index contributed by atoms with van der Waals surface area (Å²) in [6, 6.07) is 1.82. The van der Waals surface area contributed by atoms with Crippen molar-refractivity contribution in [3.63, 3.8) is 0 Å². The Bertz CT molecular complexity index is 481. The monoisotopic (exact) mass is 304 g/mol. The average molecular weight is 304 g/mol. The van der Waals surface area contributed by atoms with Crippen LogP contribution in [0.4, 0.5) is 24.8 Å². The molecular formula is C13H19F3N4O. The number of anilines is 2. The minimum absolute atomic E-state index is 0.0454. The highest BCUT2D eigenvalue weighted by Crippen LogP contribution is 2.32.